The van der Waals surface area contributed by atoms with E-state index in [0.717, 1.165) is 42.0 Å². The van der Waals surface area contributed by atoms with E-state index in [1.807, 2.05) is 12.1 Å². The third-order valence-corrected chi connectivity index (χ3v) is 7.36. The van der Waals surface area contributed by atoms with Crippen LogP contribution in [0.2, 0.25) is 0 Å². The predicted octanol–water partition coefficient (Wildman–Crippen LogP) is 7.15. The fraction of sp³-hybridized carbons (Fsp3) is 0.444. The van der Waals surface area contributed by atoms with Gasteiger partial charge in [-0.1, -0.05) is 30.4 Å². The normalized spacial score (nSPS) is 30.3. The molecule has 1 saturated carbocycles. The summed E-state index contributed by atoms with van der Waals surface area (Å²) >= 11 is 0. The van der Waals surface area contributed by atoms with Crippen molar-refractivity contribution in [1.82, 2.24) is 0 Å². The Balaban J connectivity index is 0.00000231. The van der Waals surface area contributed by atoms with Crippen LogP contribution in [-0.2, 0) is 0 Å². The van der Waals surface area contributed by atoms with E-state index in [0.29, 0.717) is 29.9 Å². The molecule has 0 spiro atoms. The molecule has 0 radical (unpaired) electrons. The maximum atomic E-state index is 14.8. The van der Waals surface area contributed by atoms with Crippen molar-refractivity contribution in [2.75, 3.05) is 6.61 Å². The van der Waals surface area contributed by atoms with E-state index in [1.54, 1.807) is 6.07 Å². The summed E-state index contributed by atoms with van der Waals surface area (Å²) < 4.78 is 21.0. The summed E-state index contributed by atoms with van der Waals surface area (Å²) in [6, 6.07) is 5.15. The summed E-state index contributed by atoms with van der Waals surface area (Å²) in [5.74, 6) is 2.48. The third-order valence-electron chi connectivity index (χ3n) is 7.36. The molecule has 3 heteroatoms. The van der Waals surface area contributed by atoms with Gasteiger partial charge in [0.15, 0.2) is 0 Å². The van der Waals surface area contributed by atoms with Crippen molar-refractivity contribution in [3.8, 4) is 5.75 Å². The highest BCUT2D eigenvalue weighted by Gasteiger charge is 2.32. The van der Waals surface area contributed by atoms with Gasteiger partial charge < -0.3 is 4.74 Å². The molecule has 1 aromatic carbocycles. The Bertz CT molecular complexity index is 989. The van der Waals surface area contributed by atoms with Crippen molar-refractivity contribution in [3.05, 3.63) is 71.7 Å². The van der Waals surface area contributed by atoms with Crippen molar-refractivity contribution in [1.29, 1.82) is 0 Å². The molecular formula is C27H32FNO. The van der Waals surface area contributed by atoms with Gasteiger partial charge in [-0.3, -0.25) is 4.99 Å². The van der Waals surface area contributed by atoms with E-state index in [4.69, 9.17) is 9.73 Å². The summed E-state index contributed by atoms with van der Waals surface area (Å²) in [4.78, 5) is 4.96. The second-order valence-electron chi connectivity index (χ2n) is 9.37. The van der Waals surface area contributed by atoms with Crippen LogP contribution in [0.4, 0.5) is 4.39 Å². The minimum absolute atomic E-state index is 0. The monoisotopic (exact) mass is 405 g/mol. The third kappa shape index (κ3) is 3.71. The lowest BCUT2D eigenvalue weighted by molar-refractivity contribution is 0.120. The Morgan fingerprint density at radius 1 is 1.17 bits per heavy atom. The smallest absolute Gasteiger partial charge is 0.131 e. The van der Waals surface area contributed by atoms with Gasteiger partial charge in [0, 0.05) is 24.2 Å². The molecule has 0 amide bonds. The lowest BCUT2D eigenvalue weighted by Gasteiger charge is -2.36. The summed E-state index contributed by atoms with van der Waals surface area (Å²) in [6.45, 7) is 7.07. The fourth-order valence-electron chi connectivity index (χ4n) is 5.53. The van der Waals surface area contributed by atoms with E-state index in [1.165, 1.54) is 30.9 Å². The summed E-state index contributed by atoms with van der Waals surface area (Å²) in [5, 5.41) is 0. The van der Waals surface area contributed by atoms with E-state index >= 15 is 0 Å². The van der Waals surface area contributed by atoms with Gasteiger partial charge in [-0.25, -0.2) is 4.39 Å². The number of rotatable bonds is 1. The van der Waals surface area contributed by atoms with Crippen molar-refractivity contribution in [2.24, 2.45) is 28.7 Å². The second kappa shape index (κ2) is 8.02. The van der Waals surface area contributed by atoms with Crippen LogP contribution >= 0.6 is 0 Å². The molecule has 4 bridgehead atoms. The molecule has 0 aromatic heterocycles. The number of hydrogen-bond acceptors (Lipinski definition) is 2. The van der Waals surface area contributed by atoms with Crippen LogP contribution in [0.5, 0.6) is 5.75 Å². The first-order valence-electron chi connectivity index (χ1n) is 11.3. The van der Waals surface area contributed by atoms with Crippen LogP contribution in [0.15, 0.2) is 65.3 Å². The minimum atomic E-state index is -0.216. The molecule has 2 aliphatic carbocycles. The zero-order valence-electron chi connectivity index (χ0n) is 17.7. The van der Waals surface area contributed by atoms with Crippen LogP contribution < -0.4 is 4.74 Å². The lowest BCUT2D eigenvalue weighted by Crippen LogP contribution is -2.30. The second-order valence-corrected chi connectivity index (χ2v) is 9.37. The largest absolute Gasteiger partial charge is 0.493 e. The number of allylic oxidation sites excluding steroid dienone is 5. The highest BCUT2D eigenvalue weighted by molar-refractivity contribution is 5.98. The highest BCUT2D eigenvalue weighted by Crippen LogP contribution is 2.41. The molecule has 1 aromatic rings. The summed E-state index contributed by atoms with van der Waals surface area (Å²) in [6.07, 6.45) is 15.5. The Kier molecular flexibility index (Phi) is 5.22. The number of fused-ring (bicyclic) bond motifs is 4. The zero-order chi connectivity index (χ0) is 20.7. The first-order chi connectivity index (χ1) is 14.6. The summed E-state index contributed by atoms with van der Waals surface area (Å²) in [7, 11) is 0. The van der Waals surface area contributed by atoms with Crippen LogP contribution in [0.1, 0.15) is 52.4 Å². The van der Waals surface area contributed by atoms with E-state index in [-0.39, 0.29) is 13.2 Å². The average molecular weight is 406 g/mol. The number of nitrogens with zero attached hydrogens (tertiary/aromatic N) is 1. The average Bonchev–Trinajstić information content (AvgIpc) is 3.16. The van der Waals surface area contributed by atoms with Crippen molar-refractivity contribution in [3.63, 3.8) is 0 Å². The maximum absolute atomic E-state index is 14.8. The molecule has 4 aliphatic rings. The quantitative estimate of drug-likeness (QED) is 0.455. The number of benzene rings is 1. The minimum Gasteiger partial charge on any atom is -0.493 e. The molecule has 2 heterocycles. The number of ether oxygens (including phenoxy) is 1. The number of aliphatic imine (C=N–C) groups is 1. The Morgan fingerprint density at radius 2 is 2.03 bits per heavy atom. The molecule has 5 rings (SSSR count). The van der Waals surface area contributed by atoms with Gasteiger partial charge in [-0.2, -0.15) is 0 Å². The van der Waals surface area contributed by atoms with Crippen LogP contribution in [0.25, 0.3) is 5.57 Å². The highest BCUT2D eigenvalue weighted by atomic mass is 19.1. The molecule has 4 atom stereocenters. The van der Waals surface area contributed by atoms with Gasteiger partial charge in [-0.05, 0) is 87.5 Å². The molecule has 0 saturated heterocycles. The maximum Gasteiger partial charge on any atom is 0.131 e. The van der Waals surface area contributed by atoms with E-state index in [9.17, 15) is 4.39 Å². The molecule has 158 valence electrons. The van der Waals surface area contributed by atoms with Gasteiger partial charge >= 0.3 is 0 Å². The van der Waals surface area contributed by atoms with Gasteiger partial charge in [0.1, 0.15) is 11.6 Å². The Hall–Kier alpha value is -2.42. The fourth-order valence-corrected chi connectivity index (χ4v) is 5.53. The van der Waals surface area contributed by atoms with Gasteiger partial charge in [0.05, 0.1) is 12.3 Å². The number of dihydropyridines is 1. The molecule has 2 nitrogen and oxygen atoms in total. The molecule has 0 N–H and O–H groups in total. The number of hydrogen-bond donors (Lipinski definition) is 0. The van der Waals surface area contributed by atoms with Crippen molar-refractivity contribution < 1.29 is 10.6 Å². The molecule has 2 aliphatic heterocycles. The SMILES string of the molecule is C=C(C)C1CCC2CCCC3=NC4=C(C=CC4C=C3)c3cc(ccc3F)OCC2C1.[HH]. The van der Waals surface area contributed by atoms with Gasteiger partial charge in [-0.15, -0.1) is 0 Å². The Labute approximate surface area is 180 Å². The van der Waals surface area contributed by atoms with Crippen LogP contribution in [0.3, 0.4) is 0 Å². The predicted molar refractivity (Wildman–Crippen MR) is 123 cm³/mol. The van der Waals surface area contributed by atoms with E-state index in [2.05, 4.69) is 31.7 Å². The lowest BCUT2D eigenvalue weighted by atomic mass is 9.70. The van der Waals surface area contributed by atoms with Crippen LogP contribution in [-0.4, -0.2) is 12.3 Å². The van der Waals surface area contributed by atoms with E-state index < -0.39 is 0 Å². The molecule has 4 unspecified atom stereocenters. The van der Waals surface area contributed by atoms with Gasteiger partial charge in [0.2, 0.25) is 0 Å². The zero-order valence-corrected chi connectivity index (χ0v) is 17.7. The first-order valence-corrected chi connectivity index (χ1v) is 11.3. The first kappa shape index (κ1) is 19.5. The van der Waals surface area contributed by atoms with Crippen LogP contribution in [0, 0.1) is 29.5 Å². The topological polar surface area (TPSA) is 21.6 Å². The Morgan fingerprint density at radius 3 is 2.90 bits per heavy atom. The van der Waals surface area contributed by atoms with Gasteiger partial charge in [0.25, 0.3) is 0 Å². The molecule has 1 fully saturated rings. The summed E-state index contributed by atoms with van der Waals surface area (Å²) in [5.41, 5.74) is 4.87. The molecular weight excluding hydrogens is 373 g/mol. The standard InChI is InChI=1S/C27H30FNO.H2/c1-17(2)20-7-6-18-4-3-5-22-10-8-19-9-12-24(27(19)29-22)25-15-23(11-13-26(25)28)30-16-21(18)14-20;/h8-13,15,18-21H,1,3-7,14,16H2,2H3;1H. The number of halogens is 1. The molecule has 30 heavy (non-hydrogen) atoms. The van der Waals surface area contributed by atoms with Crippen molar-refractivity contribution in [2.45, 2.75) is 45.4 Å². The van der Waals surface area contributed by atoms with Crippen molar-refractivity contribution >= 4 is 11.3 Å².